The number of hydrogen-bond donors (Lipinski definition) is 1. The molecule has 0 aliphatic heterocycles. The van der Waals surface area contributed by atoms with E-state index in [4.69, 9.17) is 0 Å². The molecule has 2 heterocycles. The van der Waals surface area contributed by atoms with E-state index in [1.807, 2.05) is 12.4 Å². The lowest BCUT2D eigenvalue weighted by molar-refractivity contribution is 0.606. The summed E-state index contributed by atoms with van der Waals surface area (Å²) in [5, 5.41) is 11.9. The van der Waals surface area contributed by atoms with Crippen molar-refractivity contribution in [2.24, 2.45) is 5.92 Å². The van der Waals surface area contributed by atoms with Crippen molar-refractivity contribution in [2.45, 2.75) is 39.0 Å². The zero-order chi connectivity index (χ0) is 12.5. The molecule has 0 radical (unpaired) electrons. The fourth-order valence-corrected chi connectivity index (χ4v) is 2.07. The highest BCUT2D eigenvalue weighted by Gasteiger charge is 2.29. The van der Waals surface area contributed by atoms with Crippen molar-refractivity contribution in [3.63, 3.8) is 0 Å². The molecular formula is C13H19N5. The van der Waals surface area contributed by atoms with E-state index >= 15 is 0 Å². The number of anilines is 1. The molecular weight excluding hydrogens is 226 g/mol. The standard InChI is InChI=1S/C13H19N5/c1-9(2)5-6-14-11-13-17-16-12(10-3-4-10)18(13)8-7-15-11/h7-10H,3-6H2,1-2H3,(H,14,15). The molecule has 5 heteroatoms. The van der Waals surface area contributed by atoms with Crippen LogP contribution in [0, 0.1) is 5.92 Å². The van der Waals surface area contributed by atoms with Crippen molar-refractivity contribution >= 4 is 11.5 Å². The Morgan fingerprint density at radius 3 is 2.94 bits per heavy atom. The van der Waals surface area contributed by atoms with Crippen LogP contribution in [0.25, 0.3) is 5.65 Å². The first-order chi connectivity index (χ1) is 8.75. The van der Waals surface area contributed by atoms with E-state index in [1.165, 1.54) is 12.8 Å². The van der Waals surface area contributed by atoms with Crippen molar-refractivity contribution in [3.05, 3.63) is 18.2 Å². The molecule has 2 aromatic heterocycles. The van der Waals surface area contributed by atoms with Gasteiger partial charge in [-0.2, -0.15) is 0 Å². The van der Waals surface area contributed by atoms with Gasteiger partial charge in [-0.15, -0.1) is 10.2 Å². The van der Waals surface area contributed by atoms with Gasteiger partial charge >= 0.3 is 0 Å². The molecule has 0 aromatic carbocycles. The van der Waals surface area contributed by atoms with Crippen LogP contribution < -0.4 is 5.32 Å². The molecule has 3 rings (SSSR count). The van der Waals surface area contributed by atoms with Crippen LogP contribution in [-0.2, 0) is 0 Å². The van der Waals surface area contributed by atoms with Crippen LogP contribution in [0.2, 0.25) is 0 Å². The van der Waals surface area contributed by atoms with Gasteiger partial charge in [0, 0.05) is 24.9 Å². The maximum atomic E-state index is 4.36. The summed E-state index contributed by atoms with van der Waals surface area (Å²) in [6, 6.07) is 0. The fraction of sp³-hybridized carbons (Fsp3) is 0.615. The molecule has 0 saturated heterocycles. The van der Waals surface area contributed by atoms with Crippen LogP contribution in [0.3, 0.4) is 0 Å². The third-order valence-electron chi connectivity index (χ3n) is 3.31. The second kappa shape index (κ2) is 4.55. The Morgan fingerprint density at radius 2 is 2.22 bits per heavy atom. The molecule has 0 atom stereocenters. The van der Waals surface area contributed by atoms with Crippen LogP contribution in [0.4, 0.5) is 5.82 Å². The largest absolute Gasteiger partial charge is 0.367 e. The van der Waals surface area contributed by atoms with Crippen LogP contribution in [0.15, 0.2) is 12.4 Å². The Bertz CT molecular complexity index is 541. The van der Waals surface area contributed by atoms with Crippen LogP contribution in [0.5, 0.6) is 0 Å². The van der Waals surface area contributed by atoms with E-state index < -0.39 is 0 Å². The van der Waals surface area contributed by atoms with E-state index in [-0.39, 0.29) is 0 Å². The zero-order valence-corrected chi connectivity index (χ0v) is 10.9. The molecule has 1 N–H and O–H groups in total. The van der Waals surface area contributed by atoms with E-state index in [2.05, 4.69) is 38.7 Å². The summed E-state index contributed by atoms with van der Waals surface area (Å²) in [6.07, 6.45) is 7.38. The van der Waals surface area contributed by atoms with Crippen LogP contribution >= 0.6 is 0 Å². The third kappa shape index (κ3) is 2.17. The second-order valence-electron chi connectivity index (χ2n) is 5.41. The number of fused-ring (bicyclic) bond motifs is 1. The number of hydrogen-bond acceptors (Lipinski definition) is 4. The molecule has 0 unspecified atom stereocenters. The lowest BCUT2D eigenvalue weighted by Gasteiger charge is -2.08. The highest BCUT2D eigenvalue weighted by atomic mass is 15.3. The molecule has 1 saturated carbocycles. The monoisotopic (exact) mass is 245 g/mol. The van der Waals surface area contributed by atoms with Crippen LogP contribution in [-0.4, -0.2) is 26.1 Å². The Morgan fingerprint density at radius 1 is 1.39 bits per heavy atom. The van der Waals surface area contributed by atoms with Gasteiger partial charge in [0.2, 0.25) is 5.65 Å². The van der Waals surface area contributed by atoms with Crippen molar-refractivity contribution < 1.29 is 0 Å². The summed E-state index contributed by atoms with van der Waals surface area (Å²) in [7, 11) is 0. The Hall–Kier alpha value is -1.65. The first-order valence-electron chi connectivity index (χ1n) is 6.69. The van der Waals surface area contributed by atoms with Crippen molar-refractivity contribution in [3.8, 4) is 0 Å². The van der Waals surface area contributed by atoms with Crippen molar-refractivity contribution in [1.29, 1.82) is 0 Å². The quantitative estimate of drug-likeness (QED) is 0.879. The summed E-state index contributed by atoms with van der Waals surface area (Å²) in [4.78, 5) is 4.36. The molecule has 0 bridgehead atoms. The Balaban J connectivity index is 1.83. The number of rotatable bonds is 5. The molecule has 0 spiro atoms. The van der Waals surface area contributed by atoms with Gasteiger partial charge in [-0.05, 0) is 25.2 Å². The lowest BCUT2D eigenvalue weighted by atomic mass is 10.1. The minimum atomic E-state index is 0.603. The zero-order valence-electron chi connectivity index (χ0n) is 10.9. The number of nitrogens with one attached hydrogen (secondary N) is 1. The summed E-state index contributed by atoms with van der Waals surface area (Å²) in [6.45, 7) is 5.37. The van der Waals surface area contributed by atoms with E-state index in [9.17, 15) is 0 Å². The minimum Gasteiger partial charge on any atom is -0.367 e. The highest BCUT2D eigenvalue weighted by Crippen LogP contribution is 2.39. The molecule has 2 aromatic rings. The van der Waals surface area contributed by atoms with Gasteiger partial charge in [0.1, 0.15) is 5.82 Å². The molecule has 5 nitrogen and oxygen atoms in total. The number of aromatic nitrogens is 4. The predicted octanol–water partition coefficient (Wildman–Crippen LogP) is 2.46. The van der Waals surface area contributed by atoms with E-state index in [0.717, 1.165) is 30.3 Å². The molecule has 1 fully saturated rings. The summed E-state index contributed by atoms with van der Waals surface area (Å²) < 4.78 is 2.07. The van der Waals surface area contributed by atoms with Gasteiger partial charge in [0.15, 0.2) is 5.82 Å². The van der Waals surface area contributed by atoms with Gasteiger partial charge in [-0.1, -0.05) is 13.8 Å². The molecule has 0 amide bonds. The van der Waals surface area contributed by atoms with E-state index in [0.29, 0.717) is 11.8 Å². The Labute approximate surface area is 107 Å². The SMILES string of the molecule is CC(C)CCNc1nccn2c(C3CC3)nnc12. The Kier molecular flexibility index (Phi) is 2.89. The first-order valence-corrected chi connectivity index (χ1v) is 6.69. The molecule has 1 aliphatic carbocycles. The maximum Gasteiger partial charge on any atom is 0.203 e. The minimum absolute atomic E-state index is 0.603. The van der Waals surface area contributed by atoms with Crippen LogP contribution in [0.1, 0.15) is 44.9 Å². The van der Waals surface area contributed by atoms with Crippen molar-refractivity contribution in [1.82, 2.24) is 19.6 Å². The summed E-state index contributed by atoms with van der Waals surface area (Å²) >= 11 is 0. The third-order valence-corrected chi connectivity index (χ3v) is 3.31. The first kappa shape index (κ1) is 11.4. The second-order valence-corrected chi connectivity index (χ2v) is 5.41. The maximum absolute atomic E-state index is 4.36. The summed E-state index contributed by atoms with van der Waals surface area (Å²) in [5.74, 6) is 3.22. The lowest BCUT2D eigenvalue weighted by Crippen LogP contribution is -2.07. The van der Waals surface area contributed by atoms with Gasteiger partial charge < -0.3 is 5.32 Å². The average Bonchev–Trinajstić information content (AvgIpc) is 3.09. The topological polar surface area (TPSA) is 55.1 Å². The number of nitrogens with zero attached hydrogens (tertiary/aromatic N) is 4. The van der Waals surface area contributed by atoms with Crippen molar-refractivity contribution in [2.75, 3.05) is 11.9 Å². The van der Waals surface area contributed by atoms with Gasteiger partial charge in [-0.3, -0.25) is 4.40 Å². The average molecular weight is 245 g/mol. The summed E-state index contributed by atoms with van der Waals surface area (Å²) in [5.41, 5.74) is 0.850. The fourth-order valence-electron chi connectivity index (χ4n) is 2.07. The van der Waals surface area contributed by atoms with Gasteiger partial charge in [0.05, 0.1) is 0 Å². The molecule has 96 valence electrons. The van der Waals surface area contributed by atoms with Gasteiger partial charge in [0.25, 0.3) is 0 Å². The predicted molar refractivity (Wildman–Crippen MR) is 70.7 cm³/mol. The normalized spacial score (nSPS) is 15.5. The molecule has 18 heavy (non-hydrogen) atoms. The van der Waals surface area contributed by atoms with E-state index in [1.54, 1.807) is 0 Å². The molecule has 1 aliphatic rings. The smallest absolute Gasteiger partial charge is 0.203 e. The highest BCUT2D eigenvalue weighted by molar-refractivity contribution is 5.62. The van der Waals surface area contributed by atoms with Gasteiger partial charge in [-0.25, -0.2) is 4.98 Å².